The van der Waals surface area contributed by atoms with Gasteiger partial charge in [-0.05, 0) is 36.6 Å². The maximum absolute atomic E-state index is 9.35. The SMILES string of the molecule is OCC1CN(c2cc(-c3ccc4c(c3)ncn4C3CCCCC3)c3nc[nH]c3n2)C1. The minimum Gasteiger partial charge on any atom is -0.396 e. The molecule has 1 aromatic carbocycles. The second kappa shape index (κ2) is 7.09. The number of aliphatic hydroxyl groups is 1. The zero-order chi connectivity index (χ0) is 20.1. The van der Waals surface area contributed by atoms with Crippen LogP contribution in [-0.4, -0.2) is 49.3 Å². The fourth-order valence-corrected chi connectivity index (χ4v) is 5.02. The fraction of sp³-hybridized carbons (Fsp3) is 0.435. The van der Waals surface area contributed by atoms with Gasteiger partial charge in [-0.1, -0.05) is 25.3 Å². The highest BCUT2D eigenvalue weighted by Crippen LogP contribution is 2.35. The number of aromatic amines is 1. The topological polar surface area (TPSA) is 82.9 Å². The van der Waals surface area contributed by atoms with Gasteiger partial charge in [0.1, 0.15) is 11.3 Å². The van der Waals surface area contributed by atoms with Crippen molar-refractivity contribution < 1.29 is 5.11 Å². The zero-order valence-corrected chi connectivity index (χ0v) is 17.0. The molecule has 7 nitrogen and oxygen atoms in total. The maximum Gasteiger partial charge on any atom is 0.160 e. The quantitative estimate of drug-likeness (QED) is 0.541. The molecule has 0 unspecified atom stereocenters. The Bertz CT molecular complexity index is 1200. The Labute approximate surface area is 174 Å². The van der Waals surface area contributed by atoms with Crippen molar-refractivity contribution in [3.05, 3.63) is 36.9 Å². The van der Waals surface area contributed by atoms with E-state index in [1.807, 2.05) is 6.33 Å². The molecule has 2 N–H and O–H groups in total. The Kier molecular flexibility index (Phi) is 4.23. The van der Waals surface area contributed by atoms with E-state index in [1.165, 1.54) is 37.6 Å². The first-order valence-electron chi connectivity index (χ1n) is 11.0. The Morgan fingerprint density at radius 1 is 1.07 bits per heavy atom. The molecule has 1 aliphatic heterocycles. The molecule has 1 aliphatic carbocycles. The highest BCUT2D eigenvalue weighted by molar-refractivity contribution is 5.94. The molecule has 7 heteroatoms. The van der Waals surface area contributed by atoms with Crippen molar-refractivity contribution in [1.82, 2.24) is 24.5 Å². The molecule has 4 heterocycles. The van der Waals surface area contributed by atoms with Crippen molar-refractivity contribution in [3.63, 3.8) is 0 Å². The molecule has 3 aromatic heterocycles. The van der Waals surface area contributed by atoms with E-state index in [1.54, 1.807) is 6.33 Å². The number of aliphatic hydroxyl groups excluding tert-OH is 1. The molecule has 2 aliphatic rings. The molecule has 154 valence electrons. The second-order valence-corrected chi connectivity index (χ2v) is 8.73. The molecule has 1 saturated heterocycles. The van der Waals surface area contributed by atoms with E-state index in [4.69, 9.17) is 9.97 Å². The van der Waals surface area contributed by atoms with E-state index in [0.717, 1.165) is 46.7 Å². The van der Waals surface area contributed by atoms with Crippen LogP contribution >= 0.6 is 0 Å². The Morgan fingerprint density at radius 3 is 2.77 bits per heavy atom. The molecule has 0 spiro atoms. The van der Waals surface area contributed by atoms with Crippen LogP contribution in [0.5, 0.6) is 0 Å². The van der Waals surface area contributed by atoms with Gasteiger partial charge in [0.25, 0.3) is 0 Å². The van der Waals surface area contributed by atoms with Crippen LogP contribution in [0.4, 0.5) is 5.82 Å². The van der Waals surface area contributed by atoms with Crippen LogP contribution < -0.4 is 4.90 Å². The smallest absolute Gasteiger partial charge is 0.160 e. The maximum atomic E-state index is 9.35. The first-order valence-corrected chi connectivity index (χ1v) is 11.0. The Morgan fingerprint density at radius 2 is 1.93 bits per heavy atom. The summed E-state index contributed by atoms with van der Waals surface area (Å²) in [5, 5.41) is 9.35. The van der Waals surface area contributed by atoms with Gasteiger partial charge in [-0.25, -0.2) is 15.0 Å². The number of benzene rings is 1. The summed E-state index contributed by atoms with van der Waals surface area (Å²) in [6.07, 6.45) is 10.2. The van der Waals surface area contributed by atoms with Gasteiger partial charge in [-0.3, -0.25) is 0 Å². The fourth-order valence-electron chi connectivity index (χ4n) is 5.02. The van der Waals surface area contributed by atoms with Gasteiger partial charge >= 0.3 is 0 Å². The van der Waals surface area contributed by atoms with Gasteiger partial charge < -0.3 is 19.6 Å². The highest BCUT2D eigenvalue weighted by atomic mass is 16.3. The first-order chi connectivity index (χ1) is 14.8. The number of hydrogen-bond acceptors (Lipinski definition) is 5. The summed E-state index contributed by atoms with van der Waals surface area (Å²) in [7, 11) is 0. The number of hydrogen-bond donors (Lipinski definition) is 2. The molecule has 30 heavy (non-hydrogen) atoms. The number of pyridine rings is 1. The first kappa shape index (κ1) is 17.9. The van der Waals surface area contributed by atoms with E-state index in [2.05, 4.69) is 43.7 Å². The summed E-state index contributed by atoms with van der Waals surface area (Å²) >= 11 is 0. The number of imidazole rings is 2. The number of fused-ring (bicyclic) bond motifs is 2. The summed E-state index contributed by atoms with van der Waals surface area (Å²) < 4.78 is 2.37. The van der Waals surface area contributed by atoms with Gasteiger partial charge in [0.05, 0.1) is 23.7 Å². The van der Waals surface area contributed by atoms with Gasteiger partial charge in [0.2, 0.25) is 0 Å². The number of nitrogens with zero attached hydrogens (tertiary/aromatic N) is 5. The van der Waals surface area contributed by atoms with Crippen molar-refractivity contribution in [1.29, 1.82) is 0 Å². The van der Waals surface area contributed by atoms with Crippen molar-refractivity contribution in [3.8, 4) is 11.1 Å². The normalized spacial score (nSPS) is 18.4. The van der Waals surface area contributed by atoms with Crippen LogP contribution in [0.25, 0.3) is 33.3 Å². The molecule has 1 saturated carbocycles. The monoisotopic (exact) mass is 402 g/mol. The molecule has 0 radical (unpaired) electrons. The van der Waals surface area contributed by atoms with Crippen LogP contribution in [0, 0.1) is 5.92 Å². The van der Waals surface area contributed by atoms with Crippen molar-refractivity contribution in [2.75, 3.05) is 24.6 Å². The van der Waals surface area contributed by atoms with Crippen LogP contribution in [0.3, 0.4) is 0 Å². The molecular formula is C23H26N6O. The lowest BCUT2D eigenvalue weighted by molar-refractivity contribution is 0.200. The van der Waals surface area contributed by atoms with E-state index in [-0.39, 0.29) is 6.61 Å². The molecule has 6 rings (SSSR count). The van der Waals surface area contributed by atoms with Crippen molar-refractivity contribution >= 4 is 28.0 Å². The largest absolute Gasteiger partial charge is 0.396 e. The summed E-state index contributed by atoms with van der Waals surface area (Å²) in [4.78, 5) is 19.4. The average molecular weight is 403 g/mol. The van der Waals surface area contributed by atoms with E-state index >= 15 is 0 Å². The number of rotatable bonds is 4. The molecule has 4 aromatic rings. The van der Waals surface area contributed by atoms with Crippen molar-refractivity contribution in [2.24, 2.45) is 5.92 Å². The lowest BCUT2D eigenvalue weighted by atomic mass is 9.95. The third-order valence-corrected chi connectivity index (χ3v) is 6.77. The van der Waals surface area contributed by atoms with Crippen LogP contribution in [0.1, 0.15) is 38.1 Å². The zero-order valence-electron chi connectivity index (χ0n) is 17.0. The predicted octanol–water partition coefficient (Wildman–Crippen LogP) is 3.91. The summed E-state index contributed by atoms with van der Waals surface area (Å²) in [6.45, 7) is 1.91. The standard InChI is InChI=1S/C23H26N6O/c30-12-15-10-28(11-15)21-9-18(22-23(27-21)25-13-24-22)16-6-7-20-19(8-16)26-14-29(20)17-4-2-1-3-5-17/h6-9,13-15,17,30H,1-5,10-12H2,(H,24,25,27). The number of aromatic nitrogens is 5. The summed E-state index contributed by atoms with van der Waals surface area (Å²) in [5.41, 5.74) is 6.09. The third kappa shape index (κ3) is 2.88. The van der Waals surface area contributed by atoms with E-state index in [9.17, 15) is 5.11 Å². The third-order valence-electron chi connectivity index (χ3n) is 6.77. The molecule has 0 amide bonds. The van der Waals surface area contributed by atoms with Gasteiger partial charge in [-0.2, -0.15) is 0 Å². The number of anilines is 1. The lowest BCUT2D eigenvalue weighted by Crippen LogP contribution is -2.48. The number of H-pyrrole nitrogens is 1. The van der Waals surface area contributed by atoms with E-state index in [0.29, 0.717) is 12.0 Å². The summed E-state index contributed by atoms with van der Waals surface area (Å²) in [6, 6.07) is 9.26. The molecular weight excluding hydrogens is 376 g/mol. The summed E-state index contributed by atoms with van der Waals surface area (Å²) in [5.74, 6) is 1.27. The minimum absolute atomic E-state index is 0.232. The highest BCUT2D eigenvalue weighted by Gasteiger charge is 2.28. The van der Waals surface area contributed by atoms with Gasteiger partial charge in [0, 0.05) is 37.2 Å². The van der Waals surface area contributed by atoms with Crippen LogP contribution in [-0.2, 0) is 0 Å². The molecule has 0 bridgehead atoms. The van der Waals surface area contributed by atoms with E-state index < -0.39 is 0 Å². The Hall–Kier alpha value is -2.93. The van der Waals surface area contributed by atoms with Crippen LogP contribution in [0.15, 0.2) is 36.9 Å². The minimum atomic E-state index is 0.232. The molecule has 2 fully saturated rings. The van der Waals surface area contributed by atoms with Gasteiger partial charge in [0.15, 0.2) is 5.65 Å². The van der Waals surface area contributed by atoms with Crippen LogP contribution in [0.2, 0.25) is 0 Å². The molecule has 0 atom stereocenters. The van der Waals surface area contributed by atoms with Crippen molar-refractivity contribution in [2.45, 2.75) is 38.1 Å². The predicted molar refractivity (Wildman–Crippen MR) is 118 cm³/mol. The van der Waals surface area contributed by atoms with Gasteiger partial charge in [-0.15, -0.1) is 0 Å². The number of nitrogens with one attached hydrogen (secondary N) is 1. The second-order valence-electron chi connectivity index (χ2n) is 8.73. The average Bonchev–Trinajstić information content (AvgIpc) is 3.39. The lowest BCUT2D eigenvalue weighted by Gasteiger charge is -2.39. The Balaban J connectivity index is 1.40.